The van der Waals surface area contributed by atoms with Crippen LogP contribution in [0, 0.1) is 6.92 Å². The molecule has 4 rings (SSSR count). The molecule has 0 saturated heterocycles. The Morgan fingerprint density at radius 3 is 2.47 bits per heavy atom. The fourth-order valence-electron chi connectivity index (χ4n) is 3.17. The summed E-state index contributed by atoms with van der Waals surface area (Å²) in [6, 6.07) is 17.5. The Hall–Kier alpha value is -3.80. The van der Waals surface area contributed by atoms with E-state index in [0.717, 1.165) is 5.56 Å². The lowest BCUT2D eigenvalue weighted by atomic mass is 10.1. The normalized spacial score (nSPS) is 12.2. The van der Waals surface area contributed by atoms with Gasteiger partial charge in [-0.3, -0.25) is 9.59 Å². The van der Waals surface area contributed by atoms with E-state index in [1.54, 1.807) is 42.5 Å². The van der Waals surface area contributed by atoms with E-state index in [9.17, 15) is 9.59 Å². The van der Waals surface area contributed by atoms with Gasteiger partial charge in [0.15, 0.2) is 5.75 Å². The zero-order valence-corrected chi connectivity index (χ0v) is 17.0. The lowest BCUT2D eigenvalue weighted by molar-refractivity contribution is 0.101. The summed E-state index contributed by atoms with van der Waals surface area (Å²) in [5.41, 5.74) is 2.97. The van der Waals surface area contributed by atoms with Gasteiger partial charge in [0.05, 0.1) is 17.4 Å². The molecule has 0 fully saturated rings. The molecule has 0 spiro atoms. The van der Waals surface area contributed by atoms with Crippen LogP contribution in [0.5, 0.6) is 17.2 Å². The van der Waals surface area contributed by atoms with Crippen molar-refractivity contribution in [2.45, 2.75) is 26.9 Å². The first kappa shape index (κ1) is 19.5. The van der Waals surface area contributed by atoms with Crippen molar-refractivity contribution in [3.05, 3.63) is 77.4 Å². The van der Waals surface area contributed by atoms with Crippen molar-refractivity contribution in [2.24, 2.45) is 0 Å². The van der Waals surface area contributed by atoms with Gasteiger partial charge >= 0.3 is 0 Å². The van der Waals surface area contributed by atoms with E-state index in [2.05, 4.69) is 10.6 Å². The maximum Gasteiger partial charge on any atom is 0.259 e. The van der Waals surface area contributed by atoms with E-state index in [1.807, 2.05) is 39.0 Å². The van der Waals surface area contributed by atoms with Crippen LogP contribution in [-0.2, 0) is 0 Å². The first-order chi connectivity index (χ1) is 14.4. The molecule has 2 N–H and O–H groups in total. The average molecular weight is 402 g/mol. The van der Waals surface area contributed by atoms with Crippen molar-refractivity contribution in [1.29, 1.82) is 0 Å². The number of anilines is 2. The van der Waals surface area contributed by atoms with E-state index in [1.165, 1.54) is 0 Å². The second kappa shape index (κ2) is 7.91. The topological polar surface area (TPSA) is 76.7 Å². The number of hydrogen-bond acceptors (Lipinski definition) is 4. The quantitative estimate of drug-likeness (QED) is 0.613. The van der Waals surface area contributed by atoms with Crippen molar-refractivity contribution in [3.8, 4) is 17.2 Å². The maximum atomic E-state index is 12.7. The second-order valence-electron chi connectivity index (χ2n) is 7.41. The average Bonchev–Trinajstić information content (AvgIpc) is 2.83. The number of carbonyl (C=O) groups excluding carboxylic acids is 2. The molecule has 152 valence electrons. The van der Waals surface area contributed by atoms with Crippen LogP contribution in [0.15, 0.2) is 60.7 Å². The molecule has 3 aromatic rings. The Labute approximate surface area is 174 Å². The Bertz CT molecular complexity index is 1120. The fraction of sp³-hybridized carbons (Fsp3) is 0.167. The summed E-state index contributed by atoms with van der Waals surface area (Å²) < 4.78 is 11.5. The third-order valence-electron chi connectivity index (χ3n) is 4.57. The third kappa shape index (κ3) is 4.12. The van der Waals surface area contributed by atoms with Crippen molar-refractivity contribution in [1.82, 2.24) is 0 Å². The largest absolute Gasteiger partial charge is 0.491 e. The highest BCUT2D eigenvalue weighted by Gasteiger charge is 2.21. The molecule has 30 heavy (non-hydrogen) atoms. The third-order valence-corrected chi connectivity index (χ3v) is 4.57. The van der Waals surface area contributed by atoms with E-state index < -0.39 is 0 Å². The number of aryl methyl sites for hydroxylation is 1. The van der Waals surface area contributed by atoms with Gasteiger partial charge in [0.25, 0.3) is 11.8 Å². The van der Waals surface area contributed by atoms with Crippen molar-refractivity contribution in [2.75, 3.05) is 10.6 Å². The number of nitrogens with one attached hydrogen (secondary N) is 2. The molecule has 1 aliphatic heterocycles. The molecule has 0 saturated carbocycles. The zero-order chi connectivity index (χ0) is 21.3. The number of rotatable bonds is 4. The van der Waals surface area contributed by atoms with Gasteiger partial charge in [0.1, 0.15) is 11.5 Å². The number of ether oxygens (including phenoxy) is 2. The van der Waals surface area contributed by atoms with E-state index >= 15 is 0 Å². The highest BCUT2D eigenvalue weighted by molar-refractivity contribution is 6.10. The Morgan fingerprint density at radius 1 is 1.00 bits per heavy atom. The Balaban J connectivity index is 1.53. The molecule has 3 aromatic carbocycles. The molecule has 0 atom stereocenters. The van der Waals surface area contributed by atoms with Crippen LogP contribution in [0.1, 0.15) is 40.1 Å². The SMILES string of the molecule is Cc1ccc2c(c1)NC(=O)c1cc(NC(=O)c3ccc(OC(C)C)cc3)ccc1O2. The summed E-state index contributed by atoms with van der Waals surface area (Å²) in [6.45, 7) is 5.83. The van der Waals surface area contributed by atoms with Crippen LogP contribution in [-0.4, -0.2) is 17.9 Å². The van der Waals surface area contributed by atoms with Gasteiger partial charge in [-0.2, -0.15) is 0 Å². The first-order valence-electron chi connectivity index (χ1n) is 9.71. The molecular formula is C24H22N2O4. The predicted molar refractivity (Wildman–Crippen MR) is 116 cm³/mol. The molecule has 0 bridgehead atoms. The highest BCUT2D eigenvalue weighted by atomic mass is 16.5. The van der Waals surface area contributed by atoms with Crippen LogP contribution < -0.4 is 20.1 Å². The van der Waals surface area contributed by atoms with Crippen LogP contribution in [0.3, 0.4) is 0 Å². The molecule has 1 heterocycles. The molecule has 0 aromatic heterocycles. The summed E-state index contributed by atoms with van der Waals surface area (Å²) in [7, 11) is 0. The fourth-order valence-corrected chi connectivity index (χ4v) is 3.17. The minimum Gasteiger partial charge on any atom is -0.491 e. The first-order valence-corrected chi connectivity index (χ1v) is 9.71. The number of hydrogen-bond donors (Lipinski definition) is 2. The molecule has 1 aliphatic rings. The number of amides is 2. The lowest BCUT2D eigenvalue weighted by Gasteiger charge is -2.11. The van der Waals surface area contributed by atoms with Gasteiger partial charge in [-0.05, 0) is 80.9 Å². The predicted octanol–water partition coefficient (Wildman–Crippen LogP) is 5.39. The maximum absolute atomic E-state index is 12.7. The molecule has 0 radical (unpaired) electrons. The van der Waals surface area contributed by atoms with E-state index in [-0.39, 0.29) is 17.9 Å². The van der Waals surface area contributed by atoms with Crippen LogP contribution in [0.2, 0.25) is 0 Å². The highest BCUT2D eigenvalue weighted by Crippen LogP contribution is 2.37. The Morgan fingerprint density at radius 2 is 1.73 bits per heavy atom. The summed E-state index contributed by atoms with van der Waals surface area (Å²) in [4.78, 5) is 25.3. The summed E-state index contributed by atoms with van der Waals surface area (Å²) in [5.74, 6) is 1.15. The molecule has 0 unspecified atom stereocenters. The number of benzene rings is 3. The molecule has 6 heteroatoms. The smallest absolute Gasteiger partial charge is 0.259 e. The Kier molecular flexibility index (Phi) is 5.14. The van der Waals surface area contributed by atoms with E-state index in [4.69, 9.17) is 9.47 Å². The zero-order valence-electron chi connectivity index (χ0n) is 17.0. The van der Waals surface area contributed by atoms with Crippen molar-refractivity contribution < 1.29 is 19.1 Å². The number of carbonyl (C=O) groups is 2. The number of fused-ring (bicyclic) bond motifs is 2. The van der Waals surface area contributed by atoms with E-state index in [0.29, 0.717) is 39.8 Å². The summed E-state index contributed by atoms with van der Waals surface area (Å²) >= 11 is 0. The lowest BCUT2D eigenvalue weighted by Crippen LogP contribution is -2.14. The van der Waals surface area contributed by atoms with Gasteiger partial charge in [0, 0.05) is 11.3 Å². The van der Waals surface area contributed by atoms with Gasteiger partial charge in [0.2, 0.25) is 0 Å². The van der Waals surface area contributed by atoms with Crippen molar-refractivity contribution in [3.63, 3.8) is 0 Å². The van der Waals surface area contributed by atoms with Gasteiger partial charge < -0.3 is 20.1 Å². The minimum absolute atomic E-state index is 0.0627. The molecule has 0 aliphatic carbocycles. The molecule has 2 amide bonds. The van der Waals surface area contributed by atoms with Gasteiger partial charge in [-0.25, -0.2) is 0 Å². The van der Waals surface area contributed by atoms with Gasteiger partial charge in [-0.1, -0.05) is 6.07 Å². The van der Waals surface area contributed by atoms with Crippen LogP contribution >= 0.6 is 0 Å². The van der Waals surface area contributed by atoms with Crippen LogP contribution in [0.25, 0.3) is 0 Å². The van der Waals surface area contributed by atoms with Crippen LogP contribution in [0.4, 0.5) is 11.4 Å². The monoisotopic (exact) mass is 402 g/mol. The minimum atomic E-state index is -0.291. The van der Waals surface area contributed by atoms with Crippen molar-refractivity contribution >= 4 is 23.2 Å². The molecule has 6 nitrogen and oxygen atoms in total. The summed E-state index contributed by atoms with van der Waals surface area (Å²) in [5, 5.41) is 5.69. The van der Waals surface area contributed by atoms with Gasteiger partial charge in [-0.15, -0.1) is 0 Å². The second-order valence-corrected chi connectivity index (χ2v) is 7.41. The standard InChI is InChI=1S/C24H22N2O4/c1-14(2)29-18-8-5-16(6-9-18)23(27)25-17-7-11-21-19(13-17)24(28)26-20-12-15(3)4-10-22(20)30-21/h4-14H,1-3H3,(H,25,27)(H,26,28). The summed E-state index contributed by atoms with van der Waals surface area (Å²) in [6.07, 6.45) is 0.0627. The molecular weight excluding hydrogens is 380 g/mol.